The highest BCUT2D eigenvalue weighted by atomic mass is 35.5. The van der Waals surface area contributed by atoms with Crippen molar-refractivity contribution in [1.29, 1.82) is 0 Å². The van der Waals surface area contributed by atoms with E-state index in [1.54, 1.807) is 31.2 Å². The van der Waals surface area contributed by atoms with Crippen molar-refractivity contribution in [2.24, 2.45) is 5.92 Å². The highest BCUT2D eigenvalue weighted by molar-refractivity contribution is 6.31. The molecule has 3 rings (SSSR count). The standard InChI is InChI=1S/C17H18ClNO4/c1-2-22-16(20)10-19(9-11-3-4-11)17(21)15-8-12-7-13(18)5-6-14(12)23-15/h5-8,11H,2-4,9-10H2,1H3. The quantitative estimate of drug-likeness (QED) is 0.758. The molecule has 0 spiro atoms. The monoisotopic (exact) mass is 335 g/mol. The Hall–Kier alpha value is -2.01. The Balaban J connectivity index is 1.81. The van der Waals surface area contributed by atoms with Gasteiger partial charge in [0.25, 0.3) is 5.91 Å². The molecule has 0 bridgehead atoms. The van der Waals surface area contributed by atoms with Crippen LogP contribution in [0.4, 0.5) is 0 Å². The Morgan fingerprint density at radius 2 is 2.13 bits per heavy atom. The first-order valence-electron chi connectivity index (χ1n) is 7.71. The zero-order chi connectivity index (χ0) is 16.4. The number of hydrogen-bond acceptors (Lipinski definition) is 4. The molecule has 1 aliphatic rings. The summed E-state index contributed by atoms with van der Waals surface area (Å²) in [5.74, 6) is -0.0163. The van der Waals surface area contributed by atoms with Crippen molar-refractivity contribution in [3.63, 3.8) is 0 Å². The summed E-state index contributed by atoms with van der Waals surface area (Å²) in [5, 5.41) is 1.35. The molecule has 1 aromatic carbocycles. The third kappa shape index (κ3) is 3.85. The van der Waals surface area contributed by atoms with Crippen LogP contribution in [-0.4, -0.2) is 36.5 Å². The van der Waals surface area contributed by atoms with Crippen LogP contribution in [0.3, 0.4) is 0 Å². The molecule has 1 saturated carbocycles. The Labute approximate surface area is 139 Å². The fraction of sp³-hybridized carbons (Fsp3) is 0.412. The molecular weight excluding hydrogens is 318 g/mol. The van der Waals surface area contributed by atoms with E-state index in [-0.39, 0.29) is 18.2 Å². The largest absolute Gasteiger partial charge is 0.465 e. The number of carbonyl (C=O) groups excluding carboxylic acids is 2. The molecule has 0 N–H and O–H groups in total. The number of benzene rings is 1. The van der Waals surface area contributed by atoms with Crippen molar-refractivity contribution < 1.29 is 18.7 Å². The van der Waals surface area contributed by atoms with Crippen molar-refractivity contribution in [3.05, 3.63) is 35.0 Å². The molecule has 5 nitrogen and oxygen atoms in total. The summed E-state index contributed by atoms with van der Waals surface area (Å²) in [5.41, 5.74) is 0.597. The average molecular weight is 336 g/mol. The van der Waals surface area contributed by atoms with E-state index >= 15 is 0 Å². The lowest BCUT2D eigenvalue weighted by Gasteiger charge is -2.20. The number of esters is 1. The van der Waals surface area contributed by atoms with Crippen molar-refractivity contribution in [2.75, 3.05) is 19.7 Å². The van der Waals surface area contributed by atoms with Gasteiger partial charge in [0.05, 0.1) is 6.61 Å². The smallest absolute Gasteiger partial charge is 0.325 e. The fourth-order valence-corrected chi connectivity index (χ4v) is 2.65. The van der Waals surface area contributed by atoms with Gasteiger partial charge in [-0.3, -0.25) is 9.59 Å². The summed E-state index contributed by atoms with van der Waals surface area (Å²) in [6, 6.07) is 6.84. The molecule has 1 amide bonds. The summed E-state index contributed by atoms with van der Waals surface area (Å²) >= 11 is 5.95. The van der Waals surface area contributed by atoms with Crippen LogP contribution in [0.2, 0.25) is 5.02 Å². The van der Waals surface area contributed by atoms with Crippen LogP contribution in [0.15, 0.2) is 28.7 Å². The predicted octanol–water partition coefficient (Wildman–Crippen LogP) is 3.50. The van der Waals surface area contributed by atoms with E-state index in [0.717, 1.165) is 18.2 Å². The molecule has 0 atom stereocenters. The topological polar surface area (TPSA) is 59.8 Å². The van der Waals surface area contributed by atoms with E-state index in [1.807, 2.05) is 0 Å². The average Bonchev–Trinajstić information content (AvgIpc) is 3.22. The van der Waals surface area contributed by atoms with E-state index in [0.29, 0.717) is 29.7 Å². The number of nitrogens with zero attached hydrogens (tertiary/aromatic N) is 1. The van der Waals surface area contributed by atoms with Crippen LogP contribution < -0.4 is 0 Å². The minimum Gasteiger partial charge on any atom is -0.465 e. The molecule has 0 saturated heterocycles. The lowest BCUT2D eigenvalue weighted by Crippen LogP contribution is -2.37. The number of amides is 1. The summed E-state index contributed by atoms with van der Waals surface area (Å²) in [6.45, 7) is 2.54. The van der Waals surface area contributed by atoms with Gasteiger partial charge >= 0.3 is 5.97 Å². The summed E-state index contributed by atoms with van der Waals surface area (Å²) in [7, 11) is 0. The Morgan fingerprint density at radius 1 is 1.35 bits per heavy atom. The summed E-state index contributed by atoms with van der Waals surface area (Å²) in [4.78, 5) is 25.9. The van der Waals surface area contributed by atoms with E-state index in [2.05, 4.69) is 0 Å². The first kappa shape index (κ1) is 15.9. The number of fused-ring (bicyclic) bond motifs is 1. The molecule has 0 radical (unpaired) electrons. The van der Waals surface area contributed by atoms with Gasteiger partial charge in [-0.05, 0) is 49.9 Å². The van der Waals surface area contributed by atoms with Crippen molar-refractivity contribution >= 4 is 34.4 Å². The Kier molecular flexibility index (Phi) is 4.57. The van der Waals surface area contributed by atoms with Gasteiger partial charge in [-0.15, -0.1) is 0 Å². The highest BCUT2D eigenvalue weighted by Gasteiger charge is 2.30. The molecule has 2 aromatic rings. The first-order chi connectivity index (χ1) is 11.1. The second kappa shape index (κ2) is 6.62. The molecule has 1 heterocycles. The van der Waals surface area contributed by atoms with E-state index < -0.39 is 5.97 Å². The molecule has 1 aliphatic carbocycles. The molecule has 6 heteroatoms. The Morgan fingerprint density at radius 3 is 2.83 bits per heavy atom. The van der Waals surface area contributed by atoms with Crippen LogP contribution in [0.5, 0.6) is 0 Å². The van der Waals surface area contributed by atoms with Gasteiger partial charge in [0.15, 0.2) is 5.76 Å². The van der Waals surface area contributed by atoms with Gasteiger partial charge in [0.2, 0.25) is 0 Å². The second-order valence-electron chi connectivity index (χ2n) is 5.73. The molecular formula is C17H18ClNO4. The minimum absolute atomic E-state index is 0.0546. The number of carbonyl (C=O) groups is 2. The first-order valence-corrected chi connectivity index (χ1v) is 8.08. The maximum atomic E-state index is 12.7. The van der Waals surface area contributed by atoms with Crippen LogP contribution in [0.25, 0.3) is 11.0 Å². The maximum absolute atomic E-state index is 12.7. The molecule has 122 valence electrons. The normalized spacial score (nSPS) is 14.0. The van der Waals surface area contributed by atoms with Gasteiger partial charge < -0.3 is 14.1 Å². The third-order valence-corrected chi connectivity index (χ3v) is 4.01. The summed E-state index contributed by atoms with van der Waals surface area (Å²) in [6.07, 6.45) is 2.17. The zero-order valence-electron chi connectivity index (χ0n) is 12.9. The van der Waals surface area contributed by atoms with Gasteiger partial charge in [-0.25, -0.2) is 0 Å². The van der Waals surface area contributed by atoms with E-state index in [9.17, 15) is 9.59 Å². The lowest BCUT2D eigenvalue weighted by molar-refractivity contribution is -0.143. The molecule has 0 unspecified atom stereocenters. The minimum atomic E-state index is -0.402. The molecule has 1 aromatic heterocycles. The second-order valence-corrected chi connectivity index (χ2v) is 6.16. The zero-order valence-corrected chi connectivity index (χ0v) is 13.6. The van der Waals surface area contributed by atoms with Gasteiger partial charge in [0, 0.05) is 17.0 Å². The number of halogens is 1. The molecule has 1 fully saturated rings. The summed E-state index contributed by atoms with van der Waals surface area (Å²) < 4.78 is 10.6. The van der Waals surface area contributed by atoms with E-state index in [1.165, 1.54) is 4.90 Å². The van der Waals surface area contributed by atoms with Crippen LogP contribution in [0.1, 0.15) is 30.3 Å². The van der Waals surface area contributed by atoms with Crippen molar-refractivity contribution in [2.45, 2.75) is 19.8 Å². The lowest BCUT2D eigenvalue weighted by atomic mass is 10.2. The van der Waals surface area contributed by atoms with Crippen molar-refractivity contribution in [3.8, 4) is 0 Å². The van der Waals surface area contributed by atoms with Gasteiger partial charge in [-0.1, -0.05) is 11.6 Å². The fourth-order valence-electron chi connectivity index (χ4n) is 2.47. The maximum Gasteiger partial charge on any atom is 0.325 e. The number of furan rings is 1. The number of ether oxygens (including phenoxy) is 1. The molecule has 23 heavy (non-hydrogen) atoms. The number of rotatable bonds is 6. The third-order valence-electron chi connectivity index (χ3n) is 3.78. The van der Waals surface area contributed by atoms with Gasteiger partial charge in [0.1, 0.15) is 12.1 Å². The molecule has 0 aliphatic heterocycles. The highest BCUT2D eigenvalue weighted by Crippen LogP contribution is 2.31. The Bertz CT molecular complexity index is 735. The van der Waals surface area contributed by atoms with Crippen molar-refractivity contribution in [1.82, 2.24) is 4.90 Å². The van der Waals surface area contributed by atoms with Crippen LogP contribution in [0, 0.1) is 5.92 Å². The number of hydrogen-bond donors (Lipinski definition) is 0. The van der Waals surface area contributed by atoms with E-state index in [4.69, 9.17) is 20.8 Å². The van der Waals surface area contributed by atoms with Crippen LogP contribution >= 0.6 is 11.6 Å². The van der Waals surface area contributed by atoms with Crippen LogP contribution in [-0.2, 0) is 9.53 Å². The van der Waals surface area contributed by atoms with Gasteiger partial charge in [-0.2, -0.15) is 0 Å². The predicted molar refractivity (Wildman–Crippen MR) is 86.5 cm³/mol. The SMILES string of the molecule is CCOC(=O)CN(CC1CC1)C(=O)c1cc2cc(Cl)ccc2o1.